The Bertz CT molecular complexity index is 268. The zero-order valence-corrected chi connectivity index (χ0v) is 5.93. The first-order chi connectivity index (χ1) is 4.88. The maximum absolute atomic E-state index is 8.52. The third-order valence-electron chi connectivity index (χ3n) is 1.08. The van der Waals surface area contributed by atoms with Crippen molar-refractivity contribution in [3.63, 3.8) is 0 Å². The molecule has 0 saturated carbocycles. The van der Waals surface area contributed by atoms with Crippen LogP contribution in [0.25, 0.3) is 5.57 Å². The first-order valence-corrected chi connectivity index (χ1v) is 3.60. The van der Waals surface area contributed by atoms with Gasteiger partial charge in [-0.25, -0.2) is 0 Å². The molecule has 0 aliphatic carbocycles. The van der Waals surface area contributed by atoms with Gasteiger partial charge in [0.2, 0.25) is 0 Å². The fourth-order valence-corrected chi connectivity index (χ4v) is 1.24. The summed E-state index contributed by atoms with van der Waals surface area (Å²) < 4.78 is 0. The Morgan fingerprint density at radius 2 is 2.60 bits per heavy atom. The van der Waals surface area contributed by atoms with E-state index in [0.717, 1.165) is 11.8 Å². The number of allylic oxidation sites excluding steroid dienone is 1. The van der Waals surface area contributed by atoms with Gasteiger partial charge in [-0.3, -0.25) is 0 Å². The highest BCUT2D eigenvalue weighted by Crippen LogP contribution is 2.15. The van der Waals surface area contributed by atoms with Gasteiger partial charge in [-0.15, -0.1) is 0 Å². The molecule has 0 amide bonds. The number of hydrogen-bond donors (Lipinski definition) is 1. The van der Waals surface area contributed by atoms with Crippen LogP contribution in [0.1, 0.15) is 5.56 Å². The van der Waals surface area contributed by atoms with Gasteiger partial charge in [-0.2, -0.15) is 16.6 Å². The number of rotatable bonds is 1. The molecule has 0 atom stereocenters. The second kappa shape index (κ2) is 3.04. The van der Waals surface area contributed by atoms with E-state index in [-0.39, 0.29) is 0 Å². The van der Waals surface area contributed by atoms with Crippen molar-refractivity contribution in [1.29, 1.82) is 5.26 Å². The number of aliphatic hydroxyl groups excluding tert-OH is 1. The molecule has 0 unspecified atom stereocenters. The number of thiophene rings is 1. The van der Waals surface area contributed by atoms with E-state index < -0.39 is 0 Å². The lowest BCUT2D eigenvalue weighted by atomic mass is 10.2. The lowest BCUT2D eigenvalue weighted by molar-refractivity contribution is 0.476. The fraction of sp³-hybridized carbons (Fsp3) is 0. The maximum atomic E-state index is 8.52. The van der Waals surface area contributed by atoms with E-state index in [4.69, 9.17) is 10.4 Å². The van der Waals surface area contributed by atoms with Crippen molar-refractivity contribution in [2.24, 2.45) is 0 Å². The molecule has 0 radical (unpaired) electrons. The minimum atomic E-state index is 0.307. The third kappa shape index (κ3) is 1.17. The molecule has 0 aliphatic heterocycles. The second-order valence-electron chi connectivity index (χ2n) is 1.67. The SMILES string of the molecule is N#CC(=CO)c1ccsc1. The summed E-state index contributed by atoms with van der Waals surface area (Å²) in [6.45, 7) is 0. The van der Waals surface area contributed by atoms with Crippen molar-refractivity contribution in [2.75, 3.05) is 0 Å². The number of hydrogen-bond acceptors (Lipinski definition) is 3. The fourth-order valence-electron chi connectivity index (χ4n) is 0.586. The van der Waals surface area contributed by atoms with E-state index in [1.807, 2.05) is 16.8 Å². The lowest BCUT2D eigenvalue weighted by Gasteiger charge is -1.86. The minimum Gasteiger partial charge on any atom is -0.514 e. The summed E-state index contributed by atoms with van der Waals surface area (Å²) in [7, 11) is 0. The van der Waals surface area contributed by atoms with Crippen LogP contribution in [0.3, 0.4) is 0 Å². The first-order valence-electron chi connectivity index (χ1n) is 2.65. The molecule has 2 nitrogen and oxygen atoms in total. The lowest BCUT2D eigenvalue weighted by Crippen LogP contribution is -1.73. The highest BCUT2D eigenvalue weighted by molar-refractivity contribution is 7.08. The number of aliphatic hydroxyl groups is 1. The molecule has 50 valence electrons. The van der Waals surface area contributed by atoms with Crippen molar-refractivity contribution in [1.82, 2.24) is 0 Å². The van der Waals surface area contributed by atoms with Gasteiger partial charge >= 0.3 is 0 Å². The predicted molar refractivity (Wildman–Crippen MR) is 40.5 cm³/mol. The molecule has 0 saturated heterocycles. The smallest absolute Gasteiger partial charge is 0.103 e. The summed E-state index contributed by atoms with van der Waals surface area (Å²) in [4.78, 5) is 0. The van der Waals surface area contributed by atoms with Gasteiger partial charge < -0.3 is 5.11 Å². The summed E-state index contributed by atoms with van der Waals surface area (Å²) in [5.74, 6) is 0. The average molecular weight is 151 g/mol. The molecular weight excluding hydrogens is 146 g/mol. The summed E-state index contributed by atoms with van der Waals surface area (Å²) >= 11 is 1.50. The molecule has 1 N–H and O–H groups in total. The van der Waals surface area contributed by atoms with Crippen molar-refractivity contribution in [3.8, 4) is 6.07 Å². The van der Waals surface area contributed by atoms with Crippen molar-refractivity contribution in [3.05, 3.63) is 28.7 Å². The van der Waals surface area contributed by atoms with Crippen LogP contribution in [0.5, 0.6) is 0 Å². The van der Waals surface area contributed by atoms with Crippen LogP contribution in [0.2, 0.25) is 0 Å². The molecule has 0 aliphatic rings. The molecule has 0 fully saturated rings. The van der Waals surface area contributed by atoms with E-state index in [9.17, 15) is 0 Å². The molecule has 1 heterocycles. The Labute approximate surface area is 62.7 Å². The topological polar surface area (TPSA) is 44.0 Å². The van der Waals surface area contributed by atoms with Crippen LogP contribution in [0.4, 0.5) is 0 Å². The molecule has 0 spiro atoms. The number of nitrogens with zero attached hydrogens (tertiary/aromatic N) is 1. The van der Waals surface area contributed by atoms with E-state index in [1.54, 1.807) is 6.07 Å². The predicted octanol–water partition coefficient (Wildman–Crippen LogP) is 2.17. The highest BCUT2D eigenvalue weighted by Gasteiger charge is 1.98. The van der Waals surface area contributed by atoms with Crippen molar-refractivity contribution < 1.29 is 5.11 Å². The zero-order valence-electron chi connectivity index (χ0n) is 5.11. The Morgan fingerprint density at radius 1 is 1.80 bits per heavy atom. The standard InChI is InChI=1S/C7H5NOS/c8-3-7(4-9)6-1-2-10-5-6/h1-2,4-5,9H. The quantitative estimate of drug-likeness (QED) is 0.493. The highest BCUT2D eigenvalue weighted by atomic mass is 32.1. The Morgan fingerprint density at radius 3 is 3.00 bits per heavy atom. The Balaban J connectivity index is 2.99. The van der Waals surface area contributed by atoms with Crippen LogP contribution in [0.15, 0.2) is 23.1 Å². The molecule has 0 bridgehead atoms. The van der Waals surface area contributed by atoms with Crippen LogP contribution >= 0.6 is 11.3 Å². The van der Waals surface area contributed by atoms with E-state index in [0.29, 0.717) is 5.57 Å². The van der Waals surface area contributed by atoms with Gasteiger partial charge in [-0.05, 0) is 16.8 Å². The van der Waals surface area contributed by atoms with Gasteiger partial charge in [-0.1, -0.05) is 0 Å². The number of nitriles is 1. The third-order valence-corrected chi connectivity index (χ3v) is 1.76. The van der Waals surface area contributed by atoms with E-state index in [1.165, 1.54) is 11.3 Å². The molecule has 0 aromatic carbocycles. The van der Waals surface area contributed by atoms with Crippen LogP contribution in [-0.2, 0) is 0 Å². The van der Waals surface area contributed by atoms with Crippen molar-refractivity contribution >= 4 is 16.9 Å². The first kappa shape index (κ1) is 6.84. The molecule has 1 aromatic heterocycles. The van der Waals surface area contributed by atoms with Crippen LogP contribution < -0.4 is 0 Å². The second-order valence-corrected chi connectivity index (χ2v) is 2.45. The molecule has 10 heavy (non-hydrogen) atoms. The summed E-state index contributed by atoms with van der Waals surface area (Å²) in [6, 6.07) is 3.66. The maximum Gasteiger partial charge on any atom is 0.103 e. The zero-order chi connectivity index (χ0) is 7.40. The largest absolute Gasteiger partial charge is 0.514 e. The van der Waals surface area contributed by atoms with E-state index >= 15 is 0 Å². The van der Waals surface area contributed by atoms with Gasteiger partial charge in [0.25, 0.3) is 0 Å². The van der Waals surface area contributed by atoms with Gasteiger partial charge in [0.15, 0.2) is 0 Å². The normalized spacial score (nSPS) is 10.9. The average Bonchev–Trinajstić information content (AvgIpc) is 2.43. The monoisotopic (exact) mass is 151 g/mol. The van der Waals surface area contributed by atoms with Crippen molar-refractivity contribution in [2.45, 2.75) is 0 Å². The molecule has 1 rings (SSSR count). The molecule has 3 heteroatoms. The summed E-state index contributed by atoms with van der Waals surface area (Å²) in [6.07, 6.45) is 0.821. The minimum absolute atomic E-state index is 0.307. The van der Waals surface area contributed by atoms with Gasteiger partial charge in [0, 0.05) is 5.56 Å². The molecular formula is C7H5NOS. The van der Waals surface area contributed by atoms with Crippen LogP contribution in [-0.4, -0.2) is 5.11 Å². The summed E-state index contributed by atoms with van der Waals surface area (Å²) in [5, 5.41) is 20.6. The van der Waals surface area contributed by atoms with E-state index in [2.05, 4.69) is 0 Å². The Hall–Kier alpha value is -1.27. The van der Waals surface area contributed by atoms with Gasteiger partial charge in [0.1, 0.15) is 6.07 Å². The Kier molecular flexibility index (Phi) is 2.08. The van der Waals surface area contributed by atoms with Crippen LogP contribution in [0, 0.1) is 11.3 Å². The van der Waals surface area contributed by atoms with Gasteiger partial charge in [0.05, 0.1) is 11.8 Å². The summed E-state index contributed by atoms with van der Waals surface area (Å²) in [5.41, 5.74) is 1.08. The molecule has 1 aromatic rings.